The Morgan fingerprint density at radius 3 is 2.48 bits per heavy atom. The highest BCUT2D eigenvalue weighted by atomic mass is 32.2. The molecule has 3 rings (SSSR count). The van der Waals surface area contributed by atoms with E-state index in [0.29, 0.717) is 0 Å². The molecule has 0 saturated carbocycles. The molecular weight excluding hydrogens is 312 g/mol. The van der Waals surface area contributed by atoms with E-state index in [2.05, 4.69) is 4.72 Å². The number of nitrogens with zero attached hydrogens (tertiary/aromatic N) is 1. The predicted molar refractivity (Wildman–Crippen MR) is 78.0 cm³/mol. The van der Waals surface area contributed by atoms with Crippen molar-refractivity contribution in [1.82, 2.24) is 4.90 Å². The Kier molecular flexibility index (Phi) is 3.07. The number of imide groups is 1. The molecule has 0 fully saturated rings. The van der Waals surface area contributed by atoms with Gasteiger partial charge in [-0.3, -0.25) is 19.2 Å². The number of anilines is 1. The first kappa shape index (κ1) is 13.8. The zero-order chi connectivity index (χ0) is 15.2. The van der Waals surface area contributed by atoms with Crippen molar-refractivity contribution in [3.63, 3.8) is 0 Å². The first-order chi connectivity index (χ1) is 9.90. The van der Waals surface area contributed by atoms with Gasteiger partial charge in [0, 0.05) is 12.7 Å². The van der Waals surface area contributed by atoms with Gasteiger partial charge in [-0.05, 0) is 29.6 Å². The summed E-state index contributed by atoms with van der Waals surface area (Å²) in [5.41, 5.74) is 0.731. The number of rotatable bonds is 3. The standard InChI is InChI=1S/C13H10N2O4S2/c1-15-12(16)9-5-4-8(7-10(9)13(15)17)14-21(18,19)11-3-2-6-20-11/h2-7,14H,1H3. The topological polar surface area (TPSA) is 83.6 Å². The van der Waals surface area contributed by atoms with Gasteiger partial charge in [0.05, 0.1) is 11.1 Å². The summed E-state index contributed by atoms with van der Waals surface area (Å²) in [5, 5.41) is 1.66. The monoisotopic (exact) mass is 322 g/mol. The van der Waals surface area contributed by atoms with Crippen LogP contribution in [0.3, 0.4) is 0 Å². The van der Waals surface area contributed by atoms with Crippen LogP contribution in [0.2, 0.25) is 0 Å². The first-order valence-electron chi connectivity index (χ1n) is 5.93. The molecule has 1 aliphatic rings. The van der Waals surface area contributed by atoms with Crippen LogP contribution in [0.4, 0.5) is 5.69 Å². The normalized spacial score (nSPS) is 14.4. The summed E-state index contributed by atoms with van der Waals surface area (Å²) in [4.78, 5) is 24.6. The largest absolute Gasteiger partial charge is 0.279 e. The summed E-state index contributed by atoms with van der Waals surface area (Å²) < 4.78 is 26.8. The Bertz CT molecular complexity index is 841. The molecule has 0 bridgehead atoms. The molecule has 6 nitrogen and oxygen atoms in total. The average molecular weight is 322 g/mol. The average Bonchev–Trinajstić information content (AvgIpc) is 3.05. The predicted octanol–water partition coefficient (Wildman–Crippen LogP) is 1.77. The quantitative estimate of drug-likeness (QED) is 0.873. The van der Waals surface area contributed by atoms with E-state index < -0.39 is 15.9 Å². The molecule has 108 valence electrons. The summed E-state index contributed by atoms with van der Waals surface area (Å²) in [7, 11) is -2.28. The minimum atomic E-state index is -3.67. The number of carbonyl (C=O) groups excluding carboxylic acids is 2. The van der Waals surface area contributed by atoms with Crippen LogP contribution in [0, 0.1) is 0 Å². The molecule has 2 heterocycles. The first-order valence-corrected chi connectivity index (χ1v) is 8.29. The summed E-state index contributed by atoms with van der Waals surface area (Å²) >= 11 is 1.10. The maximum Gasteiger partial charge on any atom is 0.271 e. The third-order valence-electron chi connectivity index (χ3n) is 3.10. The van der Waals surface area contributed by atoms with Crippen molar-refractivity contribution in [2.24, 2.45) is 0 Å². The molecule has 0 saturated heterocycles. The molecule has 0 aliphatic carbocycles. The van der Waals surface area contributed by atoms with E-state index in [4.69, 9.17) is 0 Å². The molecular formula is C13H10N2O4S2. The summed E-state index contributed by atoms with van der Waals surface area (Å²) in [6.45, 7) is 0. The van der Waals surface area contributed by atoms with Crippen LogP contribution in [-0.4, -0.2) is 32.2 Å². The van der Waals surface area contributed by atoms with Crippen LogP contribution >= 0.6 is 11.3 Å². The number of thiophene rings is 1. The van der Waals surface area contributed by atoms with E-state index >= 15 is 0 Å². The zero-order valence-electron chi connectivity index (χ0n) is 10.9. The van der Waals surface area contributed by atoms with Crippen LogP contribution in [0.15, 0.2) is 39.9 Å². The van der Waals surface area contributed by atoms with Gasteiger partial charge in [0.2, 0.25) is 0 Å². The summed E-state index contributed by atoms with van der Waals surface area (Å²) in [6.07, 6.45) is 0. The second-order valence-electron chi connectivity index (χ2n) is 4.47. The van der Waals surface area contributed by atoms with E-state index in [1.165, 1.54) is 31.3 Å². The smallest absolute Gasteiger partial charge is 0.271 e. The third kappa shape index (κ3) is 2.22. The van der Waals surface area contributed by atoms with Crippen molar-refractivity contribution < 1.29 is 18.0 Å². The minimum absolute atomic E-state index is 0.183. The number of hydrogen-bond donors (Lipinski definition) is 1. The molecule has 1 aliphatic heterocycles. The highest BCUT2D eigenvalue weighted by Crippen LogP contribution is 2.26. The number of sulfonamides is 1. The van der Waals surface area contributed by atoms with E-state index in [1.807, 2.05) is 0 Å². The van der Waals surface area contributed by atoms with E-state index in [-0.39, 0.29) is 26.9 Å². The van der Waals surface area contributed by atoms with Crippen LogP contribution in [0.25, 0.3) is 0 Å². The molecule has 2 amide bonds. The SMILES string of the molecule is CN1C(=O)c2ccc(NS(=O)(=O)c3cccs3)cc2C1=O. The van der Waals surface area contributed by atoms with Crippen molar-refractivity contribution in [2.45, 2.75) is 4.21 Å². The number of nitrogens with one attached hydrogen (secondary N) is 1. The second kappa shape index (κ2) is 4.68. The lowest BCUT2D eigenvalue weighted by molar-refractivity contribution is 0.0693. The highest BCUT2D eigenvalue weighted by molar-refractivity contribution is 7.94. The Hall–Kier alpha value is -2.19. The van der Waals surface area contributed by atoms with Crippen LogP contribution in [0.1, 0.15) is 20.7 Å². The minimum Gasteiger partial charge on any atom is -0.279 e. The maximum atomic E-state index is 12.1. The maximum absolute atomic E-state index is 12.1. The molecule has 0 spiro atoms. The van der Waals surface area contributed by atoms with Crippen LogP contribution < -0.4 is 4.72 Å². The lowest BCUT2D eigenvalue weighted by Crippen LogP contribution is -2.24. The van der Waals surface area contributed by atoms with Crippen molar-refractivity contribution in [3.05, 3.63) is 46.8 Å². The molecule has 2 aromatic rings. The van der Waals surface area contributed by atoms with Gasteiger partial charge in [-0.1, -0.05) is 6.07 Å². The number of benzene rings is 1. The van der Waals surface area contributed by atoms with Crippen molar-refractivity contribution in [1.29, 1.82) is 0 Å². The molecule has 0 unspecified atom stereocenters. The molecule has 1 aromatic carbocycles. The zero-order valence-corrected chi connectivity index (χ0v) is 12.5. The Morgan fingerprint density at radius 2 is 1.81 bits per heavy atom. The lowest BCUT2D eigenvalue weighted by Gasteiger charge is -2.07. The number of hydrogen-bond acceptors (Lipinski definition) is 5. The Balaban J connectivity index is 1.97. The van der Waals surface area contributed by atoms with E-state index in [0.717, 1.165) is 16.2 Å². The lowest BCUT2D eigenvalue weighted by atomic mass is 10.1. The van der Waals surface area contributed by atoms with Gasteiger partial charge in [-0.25, -0.2) is 8.42 Å². The van der Waals surface area contributed by atoms with Gasteiger partial charge in [-0.15, -0.1) is 11.3 Å². The molecule has 0 atom stereocenters. The van der Waals surface area contributed by atoms with Crippen molar-refractivity contribution >= 4 is 38.9 Å². The van der Waals surface area contributed by atoms with Gasteiger partial charge < -0.3 is 0 Å². The third-order valence-corrected chi connectivity index (χ3v) is 5.88. The molecule has 1 aromatic heterocycles. The summed E-state index contributed by atoms with van der Waals surface area (Å²) in [6, 6.07) is 7.42. The molecule has 21 heavy (non-hydrogen) atoms. The van der Waals surface area contributed by atoms with Crippen molar-refractivity contribution in [2.75, 3.05) is 11.8 Å². The number of amides is 2. The van der Waals surface area contributed by atoms with Gasteiger partial charge in [0.25, 0.3) is 21.8 Å². The van der Waals surface area contributed by atoms with E-state index in [9.17, 15) is 18.0 Å². The number of carbonyl (C=O) groups is 2. The summed E-state index contributed by atoms with van der Waals surface area (Å²) in [5.74, 6) is -0.824. The molecule has 8 heteroatoms. The fraction of sp³-hybridized carbons (Fsp3) is 0.0769. The van der Waals surface area contributed by atoms with E-state index in [1.54, 1.807) is 11.4 Å². The number of fused-ring (bicyclic) bond motifs is 1. The highest BCUT2D eigenvalue weighted by Gasteiger charge is 2.33. The molecule has 1 N–H and O–H groups in total. The van der Waals surface area contributed by atoms with Gasteiger partial charge in [-0.2, -0.15) is 0 Å². The van der Waals surface area contributed by atoms with Gasteiger partial charge in [0.15, 0.2) is 0 Å². The van der Waals surface area contributed by atoms with Gasteiger partial charge in [0.1, 0.15) is 4.21 Å². The molecule has 0 radical (unpaired) electrons. The van der Waals surface area contributed by atoms with Crippen LogP contribution in [-0.2, 0) is 10.0 Å². The van der Waals surface area contributed by atoms with Gasteiger partial charge >= 0.3 is 0 Å². The Labute approximate surface area is 125 Å². The van der Waals surface area contributed by atoms with Crippen molar-refractivity contribution in [3.8, 4) is 0 Å². The van der Waals surface area contributed by atoms with Crippen LogP contribution in [0.5, 0.6) is 0 Å². The fourth-order valence-corrected chi connectivity index (χ4v) is 4.09. The second-order valence-corrected chi connectivity index (χ2v) is 7.32. The fourth-order valence-electron chi connectivity index (χ4n) is 2.05. The Morgan fingerprint density at radius 1 is 1.10 bits per heavy atom.